The van der Waals surface area contributed by atoms with Gasteiger partial charge in [-0.25, -0.2) is 5.43 Å². The fraction of sp³-hybridized carbons (Fsp3) is 0.154. The number of nitrogens with zero attached hydrogens (tertiary/aromatic N) is 4. The number of rotatable bonds is 8. The lowest BCUT2D eigenvalue weighted by Crippen LogP contribution is -2.21. The third-order valence-corrected chi connectivity index (χ3v) is 6.40. The second kappa shape index (κ2) is 11.2. The van der Waals surface area contributed by atoms with Gasteiger partial charge in [-0.3, -0.25) is 9.36 Å². The van der Waals surface area contributed by atoms with E-state index in [1.54, 1.807) is 7.11 Å². The van der Waals surface area contributed by atoms with Gasteiger partial charge in [0, 0.05) is 16.3 Å². The fourth-order valence-electron chi connectivity index (χ4n) is 3.28. The molecule has 0 bridgehead atoms. The molecule has 1 aromatic heterocycles. The van der Waals surface area contributed by atoms with Gasteiger partial charge in [-0.05, 0) is 67.9 Å². The number of aromatic nitrogens is 3. The van der Waals surface area contributed by atoms with E-state index < -0.39 is 0 Å². The molecule has 4 aromatic rings. The zero-order valence-electron chi connectivity index (χ0n) is 19.5. The number of carbonyl (C=O) groups excluding carboxylic acids is 1. The Morgan fingerprint density at radius 2 is 1.71 bits per heavy atom. The minimum atomic E-state index is -0.245. The van der Waals surface area contributed by atoms with Crippen LogP contribution < -0.4 is 10.2 Å². The van der Waals surface area contributed by atoms with Crippen LogP contribution >= 0.6 is 23.4 Å². The van der Waals surface area contributed by atoms with Crippen molar-refractivity contribution < 1.29 is 9.53 Å². The number of hydrogen-bond acceptors (Lipinski definition) is 6. The van der Waals surface area contributed by atoms with Gasteiger partial charge in [-0.15, -0.1) is 10.2 Å². The van der Waals surface area contributed by atoms with Crippen LogP contribution in [0.25, 0.3) is 17.1 Å². The van der Waals surface area contributed by atoms with Crippen LogP contribution in [0.5, 0.6) is 5.75 Å². The summed E-state index contributed by atoms with van der Waals surface area (Å²) in [4.78, 5) is 12.5. The molecule has 1 N–H and O–H groups in total. The van der Waals surface area contributed by atoms with Crippen LogP contribution in [0.15, 0.2) is 83.1 Å². The Morgan fingerprint density at radius 3 is 2.37 bits per heavy atom. The third-order valence-electron chi connectivity index (χ3n) is 5.22. The van der Waals surface area contributed by atoms with Gasteiger partial charge in [0.2, 0.25) is 0 Å². The van der Waals surface area contributed by atoms with E-state index in [0.717, 1.165) is 28.1 Å². The maximum atomic E-state index is 12.5. The highest BCUT2D eigenvalue weighted by atomic mass is 35.5. The average molecular weight is 506 g/mol. The van der Waals surface area contributed by atoms with E-state index in [1.807, 2.05) is 91.2 Å². The first-order valence-electron chi connectivity index (χ1n) is 10.8. The van der Waals surface area contributed by atoms with E-state index in [4.69, 9.17) is 16.3 Å². The van der Waals surface area contributed by atoms with Crippen molar-refractivity contribution in [2.24, 2.45) is 5.10 Å². The number of thioether (sulfide) groups is 1. The lowest BCUT2D eigenvalue weighted by atomic mass is 10.1. The van der Waals surface area contributed by atoms with E-state index >= 15 is 0 Å². The predicted octanol–water partition coefficient (Wildman–Crippen LogP) is 5.54. The molecule has 7 nitrogen and oxygen atoms in total. The molecule has 0 unspecified atom stereocenters. The molecular formula is C26H24ClN5O2S. The summed E-state index contributed by atoms with van der Waals surface area (Å²) in [6.45, 7) is 3.87. The van der Waals surface area contributed by atoms with E-state index in [1.165, 1.54) is 11.8 Å². The molecule has 0 aliphatic heterocycles. The largest absolute Gasteiger partial charge is 0.497 e. The molecule has 0 aliphatic rings. The highest BCUT2D eigenvalue weighted by Gasteiger charge is 2.17. The third kappa shape index (κ3) is 6.09. The van der Waals surface area contributed by atoms with Crippen LogP contribution in [0.4, 0.5) is 0 Å². The summed E-state index contributed by atoms with van der Waals surface area (Å²) in [7, 11) is 1.62. The normalized spacial score (nSPS) is 11.4. The van der Waals surface area contributed by atoms with Crippen LogP contribution in [0.1, 0.15) is 18.1 Å². The van der Waals surface area contributed by atoms with Crippen LogP contribution in [-0.2, 0) is 4.79 Å². The summed E-state index contributed by atoms with van der Waals surface area (Å²) in [6.07, 6.45) is 0. The molecule has 1 heterocycles. The lowest BCUT2D eigenvalue weighted by molar-refractivity contribution is -0.118. The Morgan fingerprint density at radius 1 is 1.03 bits per heavy atom. The molecule has 178 valence electrons. The van der Waals surface area contributed by atoms with E-state index in [0.29, 0.717) is 21.7 Å². The summed E-state index contributed by atoms with van der Waals surface area (Å²) in [6, 6.07) is 23.0. The van der Waals surface area contributed by atoms with Gasteiger partial charge in [-0.2, -0.15) is 5.10 Å². The lowest BCUT2D eigenvalue weighted by Gasteiger charge is -2.10. The standard InChI is InChI=1S/C26H24ClN5O2S/c1-17-4-6-20(7-5-17)25-30-31-26(32(25)22-12-10-21(27)11-13-22)35-16-24(33)29-28-18(2)19-8-14-23(34-3)15-9-19/h4-15H,16H2,1-3H3,(H,29,33)/b28-18-. The first-order valence-corrected chi connectivity index (χ1v) is 12.2. The van der Waals surface area contributed by atoms with Gasteiger partial charge in [0.05, 0.1) is 18.6 Å². The molecule has 3 aromatic carbocycles. The van der Waals surface area contributed by atoms with Crippen molar-refractivity contribution in [3.05, 3.63) is 88.9 Å². The van der Waals surface area contributed by atoms with Crippen molar-refractivity contribution in [1.82, 2.24) is 20.2 Å². The molecule has 0 spiro atoms. The maximum absolute atomic E-state index is 12.5. The molecule has 0 aliphatic carbocycles. The Labute approximate surface area is 213 Å². The second-order valence-electron chi connectivity index (χ2n) is 7.73. The Balaban J connectivity index is 1.51. The topological polar surface area (TPSA) is 81.4 Å². The number of hydrazone groups is 1. The Hall–Kier alpha value is -3.62. The molecule has 9 heteroatoms. The molecule has 35 heavy (non-hydrogen) atoms. The van der Waals surface area contributed by atoms with Gasteiger partial charge in [0.25, 0.3) is 5.91 Å². The minimum Gasteiger partial charge on any atom is -0.497 e. The highest BCUT2D eigenvalue weighted by molar-refractivity contribution is 7.99. The van der Waals surface area contributed by atoms with Crippen LogP contribution in [0.3, 0.4) is 0 Å². The summed E-state index contributed by atoms with van der Waals surface area (Å²) in [5.74, 6) is 1.32. The number of amides is 1. The van der Waals surface area contributed by atoms with Crippen molar-refractivity contribution in [3.63, 3.8) is 0 Å². The summed E-state index contributed by atoms with van der Waals surface area (Å²) in [5.41, 5.74) is 7.13. The van der Waals surface area contributed by atoms with Crippen molar-refractivity contribution in [2.45, 2.75) is 19.0 Å². The second-order valence-corrected chi connectivity index (χ2v) is 9.11. The summed E-state index contributed by atoms with van der Waals surface area (Å²) < 4.78 is 7.09. The van der Waals surface area contributed by atoms with Crippen molar-refractivity contribution in [2.75, 3.05) is 12.9 Å². The number of nitrogens with one attached hydrogen (secondary N) is 1. The molecule has 4 rings (SSSR count). The Bertz CT molecular complexity index is 1330. The van der Waals surface area contributed by atoms with Gasteiger partial charge in [0.15, 0.2) is 11.0 Å². The van der Waals surface area contributed by atoms with Crippen LogP contribution in [0.2, 0.25) is 5.02 Å². The number of carbonyl (C=O) groups is 1. The molecule has 0 radical (unpaired) electrons. The molecule has 0 fully saturated rings. The number of halogens is 1. The van der Waals surface area contributed by atoms with Crippen LogP contribution in [0, 0.1) is 6.92 Å². The molecule has 1 amide bonds. The molecule has 0 atom stereocenters. The monoisotopic (exact) mass is 505 g/mol. The van der Waals surface area contributed by atoms with Crippen LogP contribution in [-0.4, -0.2) is 39.2 Å². The predicted molar refractivity (Wildman–Crippen MR) is 141 cm³/mol. The SMILES string of the molecule is COc1ccc(/C(C)=N\NC(=O)CSc2nnc(-c3ccc(C)cc3)n2-c2ccc(Cl)cc2)cc1. The Kier molecular flexibility index (Phi) is 7.84. The van der Waals surface area contributed by atoms with Crippen molar-refractivity contribution in [3.8, 4) is 22.8 Å². The molecular weight excluding hydrogens is 482 g/mol. The van der Waals surface area contributed by atoms with E-state index in [2.05, 4.69) is 20.7 Å². The molecule has 0 saturated heterocycles. The van der Waals surface area contributed by atoms with Gasteiger partial charge in [0.1, 0.15) is 5.75 Å². The average Bonchev–Trinajstić information content (AvgIpc) is 3.31. The van der Waals surface area contributed by atoms with E-state index in [-0.39, 0.29) is 11.7 Å². The van der Waals surface area contributed by atoms with Crippen molar-refractivity contribution >= 4 is 35.0 Å². The first-order chi connectivity index (χ1) is 16.9. The zero-order chi connectivity index (χ0) is 24.8. The smallest absolute Gasteiger partial charge is 0.250 e. The van der Waals surface area contributed by atoms with Crippen molar-refractivity contribution in [1.29, 1.82) is 0 Å². The summed E-state index contributed by atoms with van der Waals surface area (Å²) in [5, 5.41) is 14.2. The maximum Gasteiger partial charge on any atom is 0.250 e. The fourth-order valence-corrected chi connectivity index (χ4v) is 4.15. The number of methoxy groups -OCH3 is 1. The highest BCUT2D eigenvalue weighted by Crippen LogP contribution is 2.28. The van der Waals surface area contributed by atoms with E-state index in [9.17, 15) is 4.79 Å². The zero-order valence-corrected chi connectivity index (χ0v) is 21.1. The number of ether oxygens (including phenoxy) is 1. The number of aryl methyl sites for hydroxylation is 1. The quantitative estimate of drug-likeness (QED) is 0.193. The van der Waals surface area contributed by atoms with Gasteiger partial charge >= 0.3 is 0 Å². The number of hydrogen-bond donors (Lipinski definition) is 1. The first kappa shape index (κ1) is 24.5. The summed E-state index contributed by atoms with van der Waals surface area (Å²) >= 11 is 7.38. The minimum absolute atomic E-state index is 0.124. The molecule has 0 saturated carbocycles. The number of benzene rings is 3. The van der Waals surface area contributed by atoms with Gasteiger partial charge < -0.3 is 4.74 Å². The van der Waals surface area contributed by atoms with Gasteiger partial charge in [-0.1, -0.05) is 53.2 Å².